The fourth-order valence-corrected chi connectivity index (χ4v) is 3.28. The molecule has 21 heavy (non-hydrogen) atoms. The maximum Gasteiger partial charge on any atom is 0.289 e. The van der Waals surface area contributed by atoms with Gasteiger partial charge in [0.15, 0.2) is 10.9 Å². The van der Waals surface area contributed by atoms with Crippen molar-refractivity contribution >= 4 is 28.7 Å². The van der Waals surface area contributed by atoms with Gasteiger partial charge in [0.25, 0.3) is 5.91 Å². The molecule has 1 saturated heterocycles. The molecule has 1 N–H and O–H groups in total. The molecule has 3 rings (SSSR count). The van der Waals surface area contributed by atoms with Crippen LogP contribution in [0.5, 0.6) is 0 Å². The number of nitrogens with zero attached hydrogens (tertiary/aromatic N) is 2. The highest BCUT2D eigenvalue weighted by Crippen LogP contribution is 2.20. The maximum atomic E-state index is 12.2. The summed E-state index contributed by atoms with van der Waals surface area (Å²) in [4.78, 5) is 30.4. The Labute approximate surface area is 127 Å². The van der Waals surface area contributed by atoms with Crippen molar-refractivity contribution in [1.29, 1.82) is 0 Å². The quantitative estimate of drug-likeness (QED) is 0.895. The number of carbonyl (C=O) groups is 2. The Morgan fingerprint density at radius 1 is 1.48 bits per heavy atom. The average Bonchev–Trinajstić information content (AvgIpc) is 3.20. The summed E-state index contributed by atoms with van der Waals surface area (Å²) in [6, 6.07) is 3.34. The van der Waals surface area contributed by atoms with E-state index in [2.05, 4.69) is 10.3 Å². The van der Waals surface area contributed by atoms with Gasteiger partial charge in [-0.15, -0.1) is 0 Å². The Bertz CT molecular complexity index is 556. The summed E-state index contributed by atoms with van der Waals surface area (Å²) in [5.74, 6) is 0.877. The van der Waals surface area contributed by atoms with Crippen molar-refractivity contribution in [1.82, 2.24) is 10.2 Å². The molecule has 2 aliphatic heterocycles. The van der Waals surface area contributed by atoms with Gasteiger partial charge in [-0.2, -0.15) is 0 Å². The third-order valence-corrected chi connectivity index (χ3v) is 4.52. The van der Waals surface area contributed by atoms with Gasteiger partial charge in [0, 0.05) is 18.8 Å². The molecule has 1 aromatic rings. The zero-order valence-corrected chi connectivity index (χ0v) is 12.4. The molecule has 1 unspecified atom stereocenters. The summed E-state index contributed by atoms with van der Waals surface area (Å²) < 4.78 is 5.14. The van der Waals surface area contributed by atoms with E-state index in [4.69, 9.17) is 4.42 Å². The van der Waals surface area contributed by atoms with Gasteiger partial charge >= 0.3 is 0 Å². The van der Waals surface area contributed by atoms with Gasteiger partial charge in [-0.05, 0) is 25.0 Å². The summed E-state index contributed by atoms with van der Waals surface area (Å²) in [6.07, 6.45) is 3.10. The van der Waals surface area contributed by atoms with Crippen molar-refractivity contribution in [3.8, 4) is 0 Å². The molecule has 1 fully saturated rings. The second kappa shape index (κ2) is 6.34. The van der Waals surface area contributed by atoms with Gasteiger partial charge in [0.1, 0.15) is 0 Å². The average molecular weight is 307 g/mol. The first-order valence-corrected chi connectivity index (χ1v) is 8.03. The minimum atomic E-state index is -0.179. The number of thioether (sulfide) groups is 1. The van der Waals surface area contributed by atoms with Crippen molar-refractivity contribution < 1.29 is 14.0 Å². The minimum Gasteiger partial charge on any atom is -0.459 e. The fraction of sp³-hybridized carbons (Fsp3) is 0.500. The standard InChI is InChI=1S/C14H17N3O3S/c18-12(16-14-15-5-8-21-14)10-3-1-6-17(9-10)13(19)11-4-2-7-20-11/h2,4,7,10H,1,3,5-6,8-9H2,(H,15,16,18). The Balaban J connectivity index is 1.60. The van der Waals surface area contributed by atoms with Crippen LogP contribution in [0.25, 0.3) is 0 Å². The first-order valence-electron chi connectivity index (χ1n) is 7.05. The van der Waals surface area contributed by atoms with Gasteiger partial charge in [-0.1, -0.05) is 11.8 Å². The number of aliphatic imine (C=N–C) groups is 1. The van der Waals surface area contributed by atoms with Crippen LogP contribution in [-0.2, 0) is 4.79 Å². The molecule has 0 aromatic carbocycles. The van der Waals surface area contributed by atoms with Gasteiger partial charge in [-0.3, -0.25) is 14.6 Å². The monoisotopic (exact) mass is 307 g/mol. The van der Waals surface area contributed by atoms with E-state index in [9.17, 15) is 9.59 Å². The molecule has 1 atom stereocenters. The molecule has 7 heteroatoms. The number of hydrogen-bond donors (Lipinski definition) is 1. The first-order chi connectivity index (χ1) is 10.2. The Kier molecular flexibility index (Phi) is 4.28. The smallest absolute Gasteiger partial charge is 0.289 e. The van der Waals surface area contributed by atoms with Crippen LogP contribution in [0.4, 0.5) is 0 Å². The van der Waals surface area contributed by atoms with Gasteiger partial charge in [0.2, 0.25) is 5.91 Å². The number of piperidine rings is 1. The second-order valence-electron chi connectivity index (χ2n) is 5.09. The van der Waals surface area contributed by atoms with E-state index in [1.807, 2.05) is 0 Å². The van der Waals surface area contributed by atoms with Gasteiger partial charge in [-0.25, -0.2) is 0 Å². The maximum absolute atomic E-state index is 12.2. The number of furan rings is 1. The lowest BCUT2D eigenvalue weighted by Crippen LogP contribution is -2.46. The summed E-state index contributed by atoms with van der Waals surface area (Å²) in [5, 5.41) is 3.56. The highest BCUT2D eigenvalue weighted by atomic mass is 32.2. The van der Waals surface area contributed by atoms with Crippen LogP contribution in [0.1, 0.15) is 23.4 Å². The molecular weight excluding hydrogens is 290 g/mol. The predicted octanol–water partition coefficient (Wildman–Crippen LogP) is 1.35. The summed E-state index contributed by atoms with van der Waals surface area (Å²) >= 11 is 1.56. The molecule has 2 amide bonds. The third-order valence-electron chi connectivity index (χ3n) is 3.63. The van der Waals surface area contributed by atoms with Crippen LogP contribution in [0.15, 0.2) is 27.8 Å². The summed E-state index contributed by atoms with van der Waals surface area (Å²) in [7, 11) is 0. The zero-order chi connectivity index (χ0) is 14.7. The molecule has 2 aliphatic rings. The SMILES string of the molecule is O=C(NC1=NCCS1)C1CCCN(C(=O)c2ccco2)C1. The number of rotatable bonds is 2. The number of amidine groups is 1. The van der Waals surface area contributed by atoms with Gasteiger partial charge in [0.05, 0.1) is 18.7 Å². The van der Waals surface area contributed by atoms with E-state index in [1.54, 1.807) is 28.8 Å². The van der Waals surface area contributed by atoms with Crippen molar-refractivity contribution in [2.45, 2.75) is 12.8 Å². The normalized spacial score (nSPS) is 22.0. The topological polar surface area (TPSA) is 74.9 Å². The van der Waals surface area contributed by atoms with E-state index >= 15 is 0 Å². The summed E-state index contributed by atoms with van der Waals surface area (Å²) in [5.41, 5.74) is 0. The van der Waals surface area contributed by atoms with Gasteiger partial charge < -0.3 is 14.6 Å². The largest absolute Gasteiger partial charge is 0.459 e. The molecule has 3 heterocycles. The number of amides is 2. The number of nitrogens with one attached hydrogen (secondary N) is 1. The molecular formula is C14H17N3O3S. The van der Waals surface area contributed by atoms with E-state index in [0.717, 1.165) is 25.1 Å². The van der Waals surface area contributed by atoms with Crippen molar-refractivity contribution in [3.63, 3.8) is 0 Å². The summed E-state index contributed by atoms with van der Waals surface area (Å²) in [6.45, 7) is 1.86. The number of likely N-dealkylation sites (tertiary alicyclic amines) is 1. The fourth-order valence-electron chi connectivity index (χ4n) is 2.55. The Morgan fingerprint density at radius 3 is 3.10 bits per heavy atom. The first kappa shape index (κ1) is 14.2. The molecule has 0 radical (unpaired) electrons. The molecule has 0 bridgehead atoms. The number of hydrogen-bond acceptors (Lipinski definition) is 5. The molecule has 0 saturated carbocycles. The molecule has 0 aliphatic carbocycles. The third kappa shape index (κ3) is 3.29. The van der Waals surface area contributed by atoms with Crippen LogP contribution >= 0.6 is 11.8 Å². The Morgan fingerprint density at radius 2 is 2.38 bits per heavy atom. The number of carbonyl (C=O) groups excluding carboxylic acids is 2. The van der Waals surface area contributed by atoms with Crippen molar-refractivity contribution in [3.05, 3.63) is 24.2 Å². The van der Waals surface area contributed by atoms with E-state index in [-0.39, 0.29) is 17.7 Å². The molecule has 6 nitrogen and oxygen atoms in total. The predicted molar refractivity (Wildman–Crippen MR) is 80.2 cm³/mol. The molecule has 0 spiro atoms. The minimum absolute atomic E-state index is 0.0416. The highest BCUT2D eigenvalue weighted by molar-refractivity contribution is 8.14. The van der Waals surface area contributed by atoms with E-state index in [1.165, 1.54) is 6.26 Å². The van der Waals surface area contributed by atoms with Crippen LogP contribution in [-0.4, -0.2) is 47.3 Å². The lowest BCUT2D eigenvalue weighted by atomic mass is 9.97. The van der Waals surface area contributed by atoms with E-state index in [0.29, 0.717) is 24.0 Å². The van der Waals surface area contributed by atoms with Crippen LogP contribution in [0.2, 0.25) is 0 Å². The van der Waals surface area contributed by atoms with Crippen LogP contribution in [0.3, 0.4) is 0 Å². The lowest BCUT2D eigenvalue weighted by molar-refractivity contribution is -0.124. The molecule has 1 aromatic heterocycles. The highest BCUT2D eigenvalue weighted by Gasteiger charge is 2.30. The van der Waals surface area contributed by atoms with Crippen LogP contribution in [0, 0.1) is 5.92 Å². The van der Waals surface area contributed by atoms with E-state index < -0.39 is 0 Å². The zero-order valence-electron chi connectivity index (χ0n) is 11.6. The second-order valence-corrected chi connectivity index (χ2v) is 6.18. The van der Waals surface area contributed by atoms with Crippen LogP contribution < -0.4 is 5.32 Å². The lowest BCUT2D eigenvalue weighted by Gasteiger charge is -2.31. The Hall–Kier alpha value is -1.76. The van der Waals surface area contributed by atoms with Crippen molar-refractivity contribution in [2.24, 2.45) is 10.9 Å². The van der Waals surface area contributed by atoms with Crippen molar-refractivity contribution in [2.75, 3.05) is 25.4 Å². The molecule has 112 valence electrons.